The molecule has 0 aliphatic heterocycles. The highest BCUT2D eigenvalue weighted by Gasteiger charge is 2.05. The van der Waals surface area contributed by atoms with Crippen molar-refractivity contribution in [3.8, 4) is 5.75 Å². The van der Waals surface area contributed by atoms with Gasteiger partial charge in [0.25, 0.3) is 5.91 Å². The highest BCUT2D eigenvalue weighted by molar-refractivity contribution is 6.50. The van der Waals surface area contributed by atoms with Crippen molar-refractivity contribution in [3.63, 3.8) is 0 Å². The van der Waals surface area contributed by atoms with Crippen LogP contribution in [0.15, 0.2) is 89.4 Å². The minimum atomic E-state index is -0.125. The van der Waals surface area contributed by atoms with Crippen molar-refractivity contribution in [2.24, 2.45) is 4.99 Å². The summed E-state index contributed by atoms with van der Waals surface area (Å²) >= 11 is 0. The van der Waals surface area contributed by atoms with Gasteiger partial charge >= 0.3 is 0 Å². The lowest BCUT2D eigenvalue weighted by atomic mass is 9.71. The normalized spacial score (nSPS) is 9.59. The molecule has 0 unspecified atom stereocenters. The van der Waals surface area contributed by atoms with Crippen LogP contribution in [0.5, 0.6) is 5.75 Å². The van der Waals surface area contributed by atoms with Gasteiger partial charge in [-0.2, -0.15) is 0 Å². The van der Waals surface area contributed by atoms with Gasteiger partial charge in [0.05, 0.1) is 0 Å². The number of hydrogen-bond acceptors (Lipinski definition) is 4. The molecule has 0 saturated heterocycles. The summed E-state index contributed by atoms with van der Waals surface area (Å²) in [5, 5.41) is 21.4. The molecule has 5 nitrogen and oxygen atoms in total. The van der Waals surface area contributed by atoms with E-state index < -0.39 is 0 Å². The van der Waals surface area contributed by atoms with Crippen LogP contribution in [-0.4, -0.2) is 43.2 Å². The predicted octanol–water partition coefficient (Wildman–Crippen LogP) is 7.46. The Morgan fingerprint density at radius 3 is 2.14 bits per heavy atom. The minimum Gasteiger partial charge on any atom is -0.508 e. The molecular formula is C31H42BN2O3. The molecule has 0 aliphatic rings. The molecule has 0 saturated carbocycles. The van der Waals surface area contributed by atoms with E-state index in [4.69, 9.17) is 0 Å². The number of aromatic hydroxyl groups is 1. The number of amides is 1. The Hall–Kier alpha value is -3.80. The molecule has 1 amide bonds. The van der Waals surface area contributed by atoms with Gasteiger partial charge in [0.15, 0.2) is 0 Å². The number of nitrogens with one attached hydrogen (secondary N) is 1. The second-order valence-electron chi connectivity index (χ2n) is 8.68. The number of phenolic OH excluding ortho intramolecular Hbond substituents is 1. The zero-order chi connectivity index (χ0) is 28.4. The molecular weight excluding hydrogens is 459 g/mol. The Morgan fingerprint density at radius 1 is 1.05 bits per heavy atom. The van der Waals surface area contributed by atoms with Crippen LogP contribution in [0.4, 0.5) is 0 Å². The monoisotopic (exact) mass is 501 g/mol. The van der Waals surface area contributed by atoms with Gasteiger partial charge in [0.2, 0.25) is 0 Å². The number of rotatable bonds is 8. The maximum absolute atomic E-state index is 11.6. The van der Waals surface area contributed by atoms with E-state index in [0.29, 0.717) is 17.7 Å². The molecule has 6 heteroatoms. The van der Waals surface area contributed by atoms with Gasteiger partial charge in [0, 0.05) is 36.5 Å². The van der Waals surface area contributed by atoms with E-state index in [1.807, 2.05) is 52.0 Å². The summed E-state index contributed by atoms with van der Waals surface area (Å²) in [6, 6.07) is 14.0. The van der Waals surface area contributed by atoms with E-state index in [2.05, 4.69) is 44.6 Å². The number of carbonyl (C=O) groups excluding carboxylic acids is 1. The standard InChI is InChI=1S/C12H15NO2.C12H14O.C7H13BN/c1-3-7-13-12(15)11-6-4-5-10(8-11)9(2)14;1-9(2)8-10(3)11-6-4-5-7-12(11)13;1-6(2)7(8-3)5-9-4/h4-6,8,14H,2-3,7H2,1H3,(H,13,15);4-8,13H,3H2,1-2H3;5H,1-4H3. The molecule has 197 valence electrons. The summed E-state index contributed by atoms with van der Waals surface area (Å²) in [5.74, 6) is 0.130. The van der Waals surface area contributed by atoms with Crippen LogP contribution in [0.1, 0.15) is 62.5 Å². The second kappa shape index (κ2) is 18.5. The van der Waals surface area contributed by atoms with Crippen molar-refractivity contribution in [2.75, 3.05) is 13.6 Å². The number of nitrogens with zero attached hydrogens (tertiary/aromatic N) is 1. The third-order valence-corrected chi connectivity index (χ3v) is 4.86. The van der Waals surface area contributed by atoms with E-state index in [1.54, 1.807) is 43.4 Å². The number of allylic oxidation sites excluding steroid dienone is 5. The second-order valence-corrected chi connectivity index (χ2v) is 8.68. The molecule has 0 heterocycles. The highest BCUT2D eigenvalue weighted by atomic mass is 16.3. The fourth-order valence-electron chi connectivity index (χ4n) is 2.98. The van der Waals surface area contributed by atoms with Crippen molar-refractivity contribution in [2.45, 2.75) is 47.9 Å². The lowest BCUT2D eigenvalue weighted by Gasteiger charge is -2.05. The molecule has 0 bridgehead atoms. The first-order valence-electron chi connectivity index (χ1n) is 12.3. The number of aliphatic hydroxyl groups is 1. The van der Waals surface area contributed by atoms with Crippen molar-refractivity contribution >= 4 is 30.7 Å². The highest BCUT2D eigenvalue weighted by Crippen LogP contribution is 2.24. The molecule has 0 aliphatic carbocycles. The molecule has 37 heavy (non-hydrogen) atoms. The van der Waals surface area contributed by atoms with Gasteiger partial charge in [0.1, 0.15) is 18.8 Å². The van der Waals surface area contributed by atoms with Crippen LogP contribution in [-0.2, 0) is 0 Å². The Balaban J connectivity index is 0.000000543. The fraction of sp³-hybridized carbons (Fsp3) is 0.290. The molecule has 2 aromatic rings. The molecule has 2 rings (SSSR count). The van der Waals surface area contributed by atoms with Crippen molar-refractivity contribution in [3.05, 3.63) is 101 Å². The summed E-state index contributed by atoms with van der Waals surface area (Å²) in [6.45, 7) is 20.1. The number of carbonyl (C=O) groups is 1. The lowest BCUT2D eigenvalue weighted by molar-refractivity contribution is 0.0953. The Morgan fingerprint density at radius 2 is 1.68 bits per heavy atom. The Bertz CT molecular complexity index is 1120. The maximum Gasteiger partial charge on any atom is 0.251 e. The first kappa shape index (κ1) is 33.2. The number of aliphatic imine (C=N–C) groups is 1. The van der Waals surface area contributed by atoms with Gasteiger partial charge < -0.3 is 15.5 Å². The van der Waals surface area contributed by atoms with Gasteiger partial charge in [-0.3, -0.25) is 9.79 Å². The largest absolute Gasteiger partial charge is 0.508 e. The summed E-state index contributed by atoms with van der Waals surface area (Å²) in [6.07, 6.45) is 4.72. The SMILES string of the molecule is C=C(C=C(C)C)c1ccccc1O.C=C(O)c1cccc(C(=O)NCCC)c1.C[B]C(C=NC)=C(C)C. The van der Waals surface area contributed by atoms with Crippen LogP contribution in [0, 0.1) is 0 Å². The van der Waals surface area contributed by atoms with E-state index in [-0.39, 0.29) is 17.4 Å². The Kier molecular flexibility index (Phi) is 16.6. The third kappa shape index (κ3) is 13.8. The van der Waals surface area contributed by atoms with Crippen molar-refractivity contribution in [1.82, 2.24) is 5.32 Å². The van der Waals surface area contributed by atoms with E-state index >= 15 is 0 Å². The van der Waals surface area contributed by atoms with Crippen LogP contribution < -0.4 is 5.32 Å². The molecule has 3 N–H and O–H groups in total. The Labute approximate surface area is 224 Å². The molecule has 0 aromatic heterocycles. The molecule has 0 spiro atoms. The van der Waals surface area contributed by atoms with Gasteiger partial charge in [-0.1, -0.05) is 79.9 Å². The quantitative estimate of drug-likeness (QED) is 0.152. The predicted molar refractivity (Wildman–Crippen MR) is 162 cm³/mol. The molecule has 1 radical (unpaired) electrons. The van der Waals surface area contributed by atoms with Crippen LogP contribution in [0.2, 0.25) is 6.82 Å². The molecule has 2 aromatic carbocycles. The van der Waals surface area contributed by atoms with E-state index in [9.17, 15) is 15.0 Å². The third-order valence-electron chi connectivity index (χ3n) is 4.86. The number of phenols is 1. The molecule has 0 fully saturated rings. The van der Waals surface area contributed by atoms with Crippen LogP contribution >= 0.6 is 0 Å². The summed E-state index contributed by atoms with van der Waals surface area (Å²) in [5.41, 5.74) is 6.45. The summed E-state index contributed by atoms with van der Waals surface area (Å²) in [4.78, 5) is 15.5. The lowest BCUT2D eigenvalue weighted by Crippen LogP contribution is -2.23. The number of para-hydroxylation sites is 1. The minimum absolute atomic E-state index is 0.0276. The zero-order valence-electron chi connectivity index (χ0n) is 23.4. The summed E-state index contributed by atoms with van der Waals surface area (Å²) in [7, 11) is 3.84. The average molecular weight is 502 g/mol. The first-order valence-corrected chi connectivity index (χ1v) is 12.3. The maximum atomic E-state index is 11.6. The van der Waals surface area contributed by atoms with Gasteiger partial charge in [-0.15, -0.1) is 0 Å². The van der Waals surface area contributed by atoms with Crippen LogP contribution in [0.25, 0.3) is 11.3 Å². The van der Waals surface area contributed by atoms with E-state index in [0.717, 1.165) is 17.6 Å². The summed E-state index contributed by atoms with van der Waals surface area (Å²) < 4.78 is 0. The van der Waals surface area contributed by atoms with Crippen molar-refractivity contribution < 1.29 is 15.0 Å². The average Bonchev–Trinajstić information content (AvgIpc) is 2.86. The number of benzene rings is 2. The fourth-order valence-corrected chi connectivity index (χ4v) is 2.98. The topological polar surface area (TPSA) is 81.9 Å². The first-order chi connectivity index (χ1) is 17.5. The number of aliphatic hydroxyl groups excluding tert-OH is 1. The van der Waals surface area contributed by atoms with Gasteiger partial charge in [-0.25, -0.2) is 0 Å². The number of hydrogen-bond donors (Lipinski definition) is 3. The van der Waals surface area contributed by atoms with Crippen molar-refractivity contribution in [1.29, 1.82) is 0 Å². The van der Waals surface area contributed by atoms with Crippen LogP contribution in [0.3, 0.4) is 0 Å². The zero-order valence-corrected chi connectivity index (χ0v) is 23.4. The smallest absolute Gasteiger partial charge is 0.251 e. The van der Waals surface area contributed by atoms with Gasteiger partial charge in [-0.05, 0) is 57.9 Å². The molecule has 0 atom stereocenters. The van der Waals surface area contributed by atoms with E-state index in [1.165, 1.54) is 16.6 Å².